The summed E-state index contributed by atoms with van der Waals surface area (Å²) in [5.41, 5.74) is -4.67. The minimum Gasteiger partial charge on any atom is -0.494 e. The molecule has 4 aliphatic rings. The van der Waals surface area contributed by atoms with Gasteiger partial charge in [0.05, 0.1) is 13.2 Å². The van der Waals surface area contributed by atoms with Crippen LogP contribution in [0.25, 0.3) is 10.8 Å². The molecule has 3 fully saturated rings. The standard InChI is InChI=1S/C40H51F4N5O9S/c1-6-56-27-11-12-29-25(18-27)13-16-45-33(29)57-28-19-30-32(50)47-39(35(52)48-59(54,55)38(22-41)14-15-38)20-26(39)10-8-7-9-23(2)17-24(3)31(34(51)49(30)21-28)46-36(53)58-37(4,5)40(42,43)44/h8,10-13,16,18,23-24,26,28,30-31H,6-7,9,14-15,17,19-22H2,1-5H3,(H,46,53)(H,47,50)(H,48,52)/b10-8-/t23-,24-,26-,28-,30+,31+,39-/m1/s1. The van der Waals surface area contributed by atoms with Crippen LogP contribution in [0.3, 0.4) is 0 Å². The molecule has 0 radical (unpaired) electrons. The van der Waals surface area contributed by atoms with Crippen molar-refractivity contribution in [1.29, 1.82) is 0 Å². The zero-order valence-electron chi connectivity index (χ0n) is 33.6. The van der Waals surface area contributed by atoms with Gasteiger partial charge in [-0.25, -0.2) is 22.6 Å². The predicted octanol–water partition coefficient (Wildman–Crippen LogP) is 5.25. The highest BCUT2D eigenvalue weighted by molar-refractivity contribution is 7.91. The molecule has 0 bridgehead atoms. The van der Waals surface area contributed by atoms with Crippen LogP contribution in [0, 0.1) is 17.8 Å². The fraction of sp³-hybridized carbons (Fsp3) is 0.625. The van der Waals surface area contributed by atoms with Gasteiger partial charge in [0, 0.05) is 23.9 Å². The number of carbonyl (C=O) groups excluding carboxylic acids is 4. The van der Waals surface area contributed by atoms with Crippen LogP contribution in [-0.2, 0) is 29.1 Å². The Labute approximate surface area is 340 Å². The first-order valence-corrected chi connectivity index (χ1v) is 21.3. The minimum atomic E-state index is -4.93. The van der Waals surface area contributed by atoms with Crippen molar-refractivity contribution in [1.82, 2.24) is 25.2 Å². The van der Waals surface area contributed by atoms with Crippen LogP contribution in [0.2, 0.25) is 0 Å². The molecule has 3 N–H and O–H groups in total. The van der Waals surface area contributed by atoms with E-state index in [4.69, 9.17) is 14.2 Å². The summed E-state index contributed by atoms with van der Waals surface area (Å²) in [6.45, 7) is 5.78. The molecule has 324 valence electrons. The summed E-state index contributed by atoms with van der Waals surface area (Å²) >= 11 is 0. The molecular formula is C40H51F4N5O9S. The number of sulfonamides is 1. The first-order valence-electron chi connectivity index (χ1n) is 19.8. The van der Waals surface area contributed by atoms with Gasteiger partial charge >= 0.3 is 12.3 Å². The number of rotatable bonds is 10. The lowest BCUT2D eigenvalue weighted by Crippen LogP contribution is -2.60. The summed E-state index contributed by atoms with van der Waals surface area (Å²) in [4.78, 5) is 61.8. The van der Waals surface area contributed by atoms with Gasteiger partial charge in [0.2, 0.25) is 33.3 Å². The molecule has 7 atom stereocenters. The maximum Gasteiger partial charge on any atom is 0.427 e. The Morgan fingerprint density at radius 3 is 2.49 bits per heavy atom. The van der Waals surface area contributed by atoms with Gasteiger partial charge in [0.25, 0.3) is 5.91 Å². The Morgan fingerprint density at radius 1 is 1.10 bits per heavy atom. The molecule has 59 heavy (non-hydrogen) atoms. The van der Waals surface area contributed by atoms with Crippen molar-refractivity contribution in [3.63, 3.8) is 0 Å². The quantitative estimate of drug-likeness (QED) is 0.211. The minimum absolute atomic E-state index is 0.0150. The van der Waals surface area contributed by atoms with Gasteiger partial charge in [-0.2, -0.15) is 13.2 Å². The Hall–Kier alpha value is -4.68. The van der Waals surface area contributed by atoms with Crippen LogP contribution < -0.4 is 24.8 Å². The van der Waals surface area contributed by atoms with Crippen molar-refractivity contribution >= 4 is 44.6 Å². The molecule has 4 amide bonds. The second-order valence-electron chi connectivity index (χ2n) is 16.8. The number of benzene rings is 1. The third-order valence-corrected chi connectivity index (χ3v) is 14.0. The number of allylic oxidation sites excluding steroid dienone is 1. The summed E-state index contributed by atoms with van der Waals surface area (Å²) in [7, 11) is -4.46. The van der Waals surface area contributed by atoms with E-state index in [0.29, 0.717) is 50.9 Å². The Morgan fingerprint density at radius 2 is 1.83 bits per heavy atom. The molecule has 2 aliphatic heterocycles. The molecular weight excluding hydrogens is 803 g/mol. The SMILES string of the molecule is CCOc1ccc2c(O[C@@H]3C[C@H]4C(=O)N[C@]5(C(=O)NS(=O)(=O)C6(CF)CC6)C[C@H]5/C=C\CC[C@@H](C)C[C@@H](C)[C@H](NC(=O)OC(C)(C)C(F)(F)F)C(=O)N4C3)nccc2c1. The average Bonchev–Trinajstić information content (AvgIpc) is 4.06. The van der Waals surface area contributed by atoms with E-state index in [1.807, 2.05) is 24.6 Å². The monoisotopic (exact) mass is 853 g/mol. The normalized spacial score (nSPS) is 29.1. The number of carbonyl (C=O) groups is 4. The predicted molar refractivity (Wildman–Crippen MR) is 206 cm³/mol. The smallest absolute Gasteiger partial charge is 0.427 e. The van der Waals surface area contributed by atoms with Gasteiger partial charge in [-0.3, -0.25) is 19.1 Å². The second kappa shape index (κ2) is 16.4. The lowest BCUT2D eigenvalue weighted by atomic mass is 9.88. The lowest BCUT2D eigenvalue weighted by molar-refractivity contribution is -0.244. The molecule has 0 spiro atoms. The molecule has 1 aromatic carbocycles. The van der Waals surface area contributed by atoms with E-state index in [0.717, 1.165) is 10.3 Å². The van der Waals surface area contributed by atoms with E-state index in [2.05, 4.69) is 15.6 Å². The van der Waals surface area contributed by atoms with Crippen LogP contribution in [0.1, 0.15) is 79.6 Å². The van der Waals surface area contributed by atoms with Crippen LogP contribution in [0.4, 0.5) is 22.4 Å². The van der Waals surface area contributed by atoms with Gasteiger partial charge in [0.1, 0.15) is 40.9 Å². The molecule has 6 rings (SSSR count). The number of hydrogen-bond acceptors (Lipinski definition) is 10. The highest BCUT2D eigenvalue weighted by Gasteiger charge is 2.64. The number of amides is 4. The van der Waals surface area contributed by atoms with E-state index in [9.17, 15) is 45.2 Å². The summed E-state index contributed by atoms with van der Waals surface area (Å²) in [5, 5.41) is 6.41. The van der Waals surface area contributed by atoms with Crippen molar-refractivity contribution < 1.29 is 59.4 Å². The van der Waals surface area contributed by atoms with Gasteiger partial charge in [-0.15, -0.1) is 0 Å². The summed E-state index contributed by atoms with van der Waals surface area (Å²) in [6, 6.07) is 4.19. The summed E-state index contributed by atoms with van der Waals surface area (Å²) in [6.07, 6.45) is -0.951. The molecule has 1 aromatic heterocycles. The van der Waals surface area contributed by atoms with Crippen LogP contribution in [-0.4, -0.2) is 102 Å². The molecule has 2 aliphatic carbocycles. The van der Waals surface area contributed by atoms with E-state index in [1.54, 1.807) is 37.3 Å². The second-order valence-corrected chi connectivity index (χ2v) is 18.9. The van der Waals surface area contributed by atoms with Gasteiger partial charge in [-0.1, -0.05) is 26.0 Å². The fourth-order valence-corrected chi connectivity index (χ4v) is 9.26. The summed E-state index contributed by atoms with van der Waals surface area (Å²) < 4.78 is 98.5. The van der Waals surface area contributed by atoms with Gasteiger partial charge in [0.15, 0.2) is 0 Å². The number of nitrogens with zero attached hydrogens (tertiary/aromatic N) is 2. The number of ether oxygens (including phenoxy) is 3. The maximum absolute atomic E-state index is 14.7. The van der Waals surface area contributed by atoms with Gasteiger partial charge in [-0.05, 0) is 101 Å². The van der Waals surface area contributed by atoms with Gasteiger partial charge < -0.3 is 29.7 Å². The highest BCUT2D eigenvalue weighted by Crippen LogP contribution is 2.48. The average molecular weight is 854 g/mol. The number of halogens is 4. The number of alkyl carbamates (subject to hydrolysis) is 1. The molecule has 1 saturated heterocycles. The van der Waals surface area contributed by atoms with Crippen LogP contribution >= 0.6 is 0 Å². The van der Waals surface area contributed by atoms with E-state index in [1.165, 1.54) is 6.20 Å². The molecule has 14 nitrogen and oxygen atoms in total. The van der Waals surface area contributed by atoms with Crippen LogP contribution in [0.15, 0.2) is 42.6 Å². The molecule has 2 aromatic rings. The molecule has 2 saturated carbocycles. The van der Waals surface area contributed by atoms with Crippen LogP contribution in [0.5, 0.6) is 11.6 Å². The fourth-order valence-electron chi connectivity index (χ4n) is 7.83. The molecule has 0 unspecified atom stereocenters. The number of pyridine rings is 1. The number of aromatic nitrogens is 1. The number of hydrogen-bond donors (Lipinski definition) is 3. The van der Waals surface area contributed by atoms with Crippen molar-refractivity contribution in [2.24, 2.45) is 17.8 Å². The van der Waals surface area contributed by atoms with E-state index < -0.39 is 92.6 Å². The Balaban J connectivity index is 1.35. The largest absolute Gasteiger partial charge is 0.494 e. The zero-order chi connectivity index (χ0) is 43.1. The number of nitrogens with one attached hydrogen (secondary N) is 3. The topological polar surface area (TPSA) is 182 Å². The summed E-state index contributed by atoms with van der Waals surface area (Å²) in [5.74, 6) is -3.29. The maximum atomic E-state index is 14.7. The van der Waals surface area contributed by atoms with Crippen molar-refractivity contribution in [2.45, 2.75) is 120 Å². The highest BCUT2D eigenvalue weighted by atomic mass is 32.2. The Kier molecular flexibility index (Phi) is 12.2. The third-order valence-electron chi connectivity index (χ3n) is 11.9. The first-order chi connectivity index (χ1) is 27.7. The zero-order valence-corrected chi connectivity index (χ0v) is 34.4. The first kappa shape index (κ1) is 43.9. The molecule has 3 heterocycles. The Bertz CT molecular complexity index is 2100. The third kappa shape index (κ3) is 9.09. The molecule has 19 heteroatoms. The number of alkyl halides is 4. The van der Waals surface area contributed by atoms with Crippen molar-refractivity contribution in [3.05, 3.63) is 42.6 Å². The lowest BCUT2D eigenvalue weighted by Gasteiger charge is -2.34. The van der Waals surface area contributed by atoms with Crippen molar-refractivity contribution in [3.8, 4) is 11.6 Å². The van der Waals surface area contributed by atoms with Crippen molar-refractivity contribution in [2.75, 3.05) is 19.8 Å². The number of fused-ring (bicyclic) bond motifs is 3. The van der Waals surface area contributed by atoms with E-state index >= 15 is 0 Å². The van der Waals surface area contributed by atoms with E-state index in [-0.39, 0.29) is 44.0 Å².